The molecule has 0 saturated heterocycles. The average Bonchev–Trinajstić information content (AvgIpc) is 3.14. The van der Waals surface area contributed by atoms with Gasteiger partial charge >= 0.3 is 6.18 Å². The monoisotopic (exact) mass is 826 g/mol. The van der Waals surface area contributed by atoms with Gasteiger partial charge in [0.2, 0.25) is 0 Å². The van der Waals surface area contributed by atoms with Gasteiger partial charge in [0.15, 0.2) is 0 Å². The Morgan fingerprint density at radius 2 is 1.12 bits per heavy atom. The first kappa shape index (κ1) is 44.0. The molecule has 2 saturated carbocycles. The first-order chi connectivity index (χ1) is 26.5. The first-order valence-corrected chi connectivity index (χ1v) is 20.2. The summed E-state index contributed by atoms with van der Waals surface area (Å²) in [6.07, 6.45) is 5.45. The number of hydrogen-bond donors (Lipinski definition) is 2. The maximum absolute atomic E-state index is 13.3. The van der Waals surface area contributed by atoms with E-state index in [1.54, 1.807) is 18.2 Å². The predicted octanol–water partition coefficient (Wildman–Crippen LogP) is 11.7. The molecule has 0 aliphatic heterocycles. The average molecular weight is 828 g/mol. The summed E-state index contributed by atoms with van der Waals surface area (Å²) in [7, 11) is 7.95. The minimum atomic E-state index is -4.46. The topological polar surface area (TPSA) is 46.9 Å². The maximum atomic E-state index is 13.3. The lowest BCUT2D eigenvalue weighted by Crippen LogP contribution is -2.48. The third-order valence-corrected chi connectivity index (χ3v) is 11.7. The van der Waals surface area contributed by atoms with E-state index in [9.17, 15) is 23.4 Å². The highest BCUT2D eigenvalue weighted by Crippen LogP contribution is 2.48. The Kier molecular flexibility index (Phi) is 15.0. The summed E-state index contributed by atoms with van der Waals surface area (Å²) in [6.45, 7) is 1.44. The molecule has 0 amide bonds. The lowest BCUT2D eigenvalue weighted by molar-refractivity contribution is -0.137. The van der Waals surface area contributed by atoms with E-state index in [0.717, 1.165) is 88.7 Å². The van der Waals surface area contributed by atoms with Gasteiger partial charge in [-0.2, -0.15) is 13.2 Å². The van der Waals surface area contributed by atoms with Gasteiger partial charge < -0.3 is 20.0 Å². The molecular weight excluding hydrogens is 776 g/mol. The van der Waals surface area contributed by atoms with Crippen LogP contribution in [0.15, 0.2) is 108 Å². The Bertz CT molecular complexity index is 1950. The molecule has 10 heteroatoms. The van der Waals surface area contributed by atoms with Gasteiger partial charge in [0.25, 0.3) is 0 Å². The van der Waals surface area contributed by atoms with Crippen LogP contribution in [0.3, 0.4) is 0 Å². The molecule has 0 bridgehead atoms. The summed E-state index contributed by atoms with van der Waals surface area (Å²) in [5, 5.41) is 25.9. The Labute approximate surface area is 345 Å². The van der Waals surface area contributed by atoms with E-state index >= 15 is 0 Å². The molecule has 4 aromatic carbocycles. The van der Waals surface area contributed by atoms with Crippen LogP contribution < -0.4 is 0 Å². The Morgan fingerprint density at radius 1 is 0.661 bits per heavy atom. The Morgan fingerprint density at radius 3 is 1.64 bits per heavy atom. The summed E-state index contributed by atoms with van der Waals surface area (Å²) < 4.78 is 40.0. The number of alkyl halides is 3. The summed E-state index contributed by atoms with van der Waals surface area (Å²) in [5.74, 6) is -0.0243. The summed E-state index contributed by atoms with van der Waals surface area (Å²) in [6, 6.07) is 27.9. The molecule has 6 rings (SSSR count). The number of halogens is 6. The maximum Gasteiger partial charge on any atom is 0.416 e. The van der Waals surface area contributed by atoms with Crippen molar-refractivity contribution in [3.8, 4) is 0 Å². The van der Waals surface area contributed by atoms with Gasteiger partial charge in [-0.25, -0.2) is 0 Å². The van der Waals surface area contributed by atoms with Gasteiger partial charge in [-0.15, -0.1) is 0 Å². The van der Waals surface area contributed by atoms with Crippen molar-refractivity contribution in [1.82, 2.24) is 9.80 Å². The van der Waals surface area contributed by atoms with Gasteiger partial charge in [-0.1, -0.05) is 95.5 Å². The number of aliphatic hydroxyl groups is 2. The second-order valence-electron chi connectivity index (χ2n) is 15.7. The van der Waals surface area contributed by atoms with Gasteiger partial charge in [-0.05, 0) is 149 Å². The third kappa shape index (κ3) is 11.3. The zero-order chi connectivity index (χ0) is 40.7. The zero-order valence-corrected chi connectivity index (χ0v) is 34.7. The fourth-order valence-corrected chi connectivity index (χ4v) is 8.61. The van der Waals surface area contributed by atoms with Crippen LogP contribution in [0.4, 0.5) is 13.2 Å². The molecular formula is C46H52Cl3F3N2O2. The minimum absolute atomic E-state index is 0.190. The minimum Gasteiger partial charge on any atom is -0.385 e. The lowest BCUT2D eigenvalue weighted by atomic mass is 9.67. The zero-order valence-electron chi connectivity index (χ0n) is 32.5. The van der Waals surface area contributed by atoms with Crippen molar-refractivity contribution in [2.45, 2.75) is 62.3 Å². The highest BCUT2D eigenvalue weighted by molar-refractivity contribution is 6.31. The molecule has 0 radical (unpaired) electrons. The fourth-order valence-electron chi connectivity index (χ4n) is 8.23. The van der Waals surface area contributed by atoms with Crippen LogP contribution >= 0.6 is 34.8 Å². The Hall–Kier alpha value is -3.14. The summed E-state index contributed by atoms with van der Waals surface area (Å²) in [5.41, 5.74) is 2.10. The molecule has 56 heavy (non-hydrogen) atoms. The van der Waals surface area contributed by atoms with Crippen LogP contribution in [0.5, 0.6) is 0 Å². The first-order valence-electron chi connectivity index (χ1n) is 19.1. The van der Waals surface area contributed by atoms with Crippen molar-refractivity contribution in [3.63, 3.8) is 0 Å². The smallest absolute Gasteiger partial charge is 0.385 e. The number of nitrogens with zero attached hydrogens (tertiary/aromatic N) is 2. The van der Waals surface area contributed by atoms with Crippen LogP contribution in [0, 0.1) is 11.8 Å². The van der Waals surface area contributed by atoms with Gasteiger partial charge in [-0.3, -0.25) is 0 Å². The van der Waals surface area contributed by atoms with Gasteiger partial charge in [0.05, 0.1) is 11.2 Å². The molecule has 4 atom stereocenters. The third-order valence-electron chi connectivity index (χ3n) is 10.9. The van der Waals surface area contributed by atoms with Crippen molar-refractivity contribution in [1.29, 1.82) is 0 Å². The van der Waals surface area contributed by atoms with Crippen molar-refractivity contribution in [2.24, 2.45) is 11.8 Å². The van der Waals surface area contributed by atoms with E-state index < -0.39 is 22.9 Å². The van der Waals surface area contributed by atoms with E-state index in [2.05, 4.69) is 25.1 Å². The van der Waals surface area contributed by atoms with Crippen LogP contribution in [0.25, 0.3) is 12.2 Å². The molecule has 300 valence electrons. The molecule has 0 spiro atoms. The van der Waals surface area contributed by atoms with E-state index in [0.29, 0.717) is 30.0 Å². The molecule has 4 nitrogen and oxygen atoms in total. The van der Waals surface area contributed by atoms with Crippen LogP contribution in [-0.4, -0.2) is 66.9 Å². The van der Waals surface area contributed by atoms with E-state index in [1.807, 2.05) is 85.7 Å². The van der Waals surface area contributed by atoms with Gasteiger partial charge in [0, 0.05) is 46.4 Å². The largest absolute Gasteiger partial charge is 0.416 e. The second-order valence-corrected chi connectivity index (χ2v) is 17.0. The number of rotatable bonds is 9. The second kappa shape index (κ2) is 19.1. The summed E-state index contributed by atoms with van der Waals surface area (Å²) in [4.78, 5) is 4.14. The quantitative estimate of drug-likeness (QED) is 0.176. The SMILES string of the molecule is CN(C)CC1CCC/C(=C/c2ccc(Cl)cc2)C1(O)Cc1ccc(Cl)cc1.CN(C)CC1CCC/C(=C/c2ccc(Cl)cc2)C1(O)c1cccc(C(F)(F)F)c1. The fraction of sp³-hybridized carbons (Fsp3) is 0.391. The normalized spacial score (nSPS) is 24.4. The van der Waals surface area contributed by atoms with Crippen LogP contribution in [0.1, 0.15) is 66.3 Å². The molecule has 4 unspecified atom stereocenters. The van der Waals surface area contributed by atoms with Crippen LogP contribution in [0.2, 0.25) is 15.1 Å². The lowest BCUT2D eigenvalue weighted by Gasteiger charge is -2.44. The highest BCUT2D eigenvalue weighted by atomic mass is 35.5. The van der Waals surface area contributed by atoms with Gasteiger partial charge in [0.1, 0.15) is 5.60 Å². The molecule has 2 N–H and O–H groups in total. The van der Waals surface area contributed by atoms with Crippen molar-refractivity contribution in [3.05, 3.63) is 151 Å². The summed E-state index contributed by atoms with van der Waals surface area (Å²) >= 11 is 18.0. The molecule has 0 aromatic heterocycles. The Balaban J connectivity index is 0.000000215. The molecule has 4 aromatic rings. The molecule has 2 aliphatic rings. The van der Waals surface area contributed by atoms with Crippen molar-refractivity contribution in [2.75, 3.05) is 41.3 Å². The highest BCUT2D eigenvalue weighted by Gasteiger charge is 2.45. The number of hydrogen-bond acceptors (Lipinski definition) is 4. The van der Waals surface area contributed by atoms with E-state index in [1.165, 1.54) is 6.07 Å². The predicted molar refractivity (Wildman–Crippen MR) is 226 cm³/mol. The van der Waals surface area contributed by atoms with Crippen molar-refractivity contribution < 1.29 is 23.4 Å². The standard InChI is InChI=1S/C23H27Cl2NO.C23H25ClF3NO/c1-26(2)16-20-5-3-4-19(14-17-6-10-21(24)11-7-17)23(20,27)15-18-8-12-22(25)13-9-18;1-28(2)15-20-8-4-5-17(13-16-9-11-21(24)12-10-16)22(20,29)18-6-3-7-19(14-18)23(25,26)27/h6-14,20,27H,3-5,15-16H2,1-2H3;3,6-7,9-14,20,29H,4-5,8,15H2,1-2H3/b19-14-;17-13-. The van der Waals surface area contributed by atoms with E-state index in [4.69, 9.17) is 34.8 Å². The van der Waals surface area contributed by atoms with Crippen molar-refractivity contribution >= 4 is 47.0 Å². The molecule has 2 aliphatic carbocycles. The van der Waals surface area contributed by atoms with Crippen LogP contribution in [-0.2, 0) is 18.2 Å². The van der Waals surface area contributed by atoms with E-state index in [-0.39, 0.29) is 11.8 Å². The number of benzene rings is 4. The molecule has 0 heterocycles. The molecule has 2 fully saturated rings.